The number of hydrogen-bond acceptors (Lipinski definition) is 8. The summed E-state index contributed by atoms with van der Waals surface area (Å²) in [5.74, 6) is -1.87. The lowest BCUT2D eigenvalue weighted by molar-refractivity contribution is -0.162. The van der Waals surface area contributed by atoms with Crippen LogP contribution in [0.3, 0.4) is 0 Å². The Bertz CT molecular complexity index is 927. The number of carbonyl (C=O) groups excluding carboxylic acids is 4. The highest BCUT2D eigenvalue weighted by molar-refractivity contribution is 5.86. The van der Waals surface area contributed by atoms with Gasteiger partial charge in [0.05, 0.1) is 12.2 Å². The lowest BCUT2D eigenvalue weighted by Crippen LogP contribution is -2.49. The summed E-state index contributed by atoms with van der Waals surface area (Å²) < 4.78 is 21.7. The molecule has 0 aliphatic heterocycles. The van der Waals surface area contributed by atoms with E-state index in [2.05, 4.69) is 10.6 Å². The number of ether oxygens (including phenoxy) is 4. The van der Waals surface area contributed by atoms with Gasteiger partial charge in [-0.1, -0.05) is 30.3 Å². The average molecular weight is 537 g/mol. The molecule has 0 heterocycles. The first kappa shape index (κ1) is 32.9. The van der Waals surface area contributed by atoms with E-state index in [1.54, 1.807) is 53.7 Å². The van der Waals surface area contributed by atoms with Gasteiger partial charge >= 0.3 is 18.0 Å². The second-order valence-electron chi connectivity index (χ2n) is 11.9. The molecule has 1 rings (SSSR count). The maximum Gasteiger partial charge on any atom is 0.408 e. The molecule has 0 aliphatic carbocycles. The molecule has 0 bridgehead atoms. The monoisotopic (exact) mass is 536 g/mol. The molecular weight excluding hydrogens is 492 g/mol. The highest BCUT2D eigenvalue weighted by Crippen LogP contribution is 2.14. The van der Waals surface area contributed by atoms with Crippen molar-refractivity contribution < 1.29 is 38.1 Å². The first-order valence-corrected chi connectivity index (χ1v) is 12.7. The zero-order chi connectivity index (χ0) is 29.1. The molecule has 0 radical (unpaired) electrons. The molecule has 0 spiro atoms. The van der Waals surface area contributed by atoms with E-state index in [9.17, 15) is 19.2 Å². The van der Waals surface area contributed by atoms with Gasteiger partial charge in [0.1, 0.15) is 23.9 Å². The molecule has 214 valence electrons. The number of nitrogens with one attached hydrogen (secondary N) is 2. The Labute approximate surface area is 226 Å². The zero-order valence-corrected chi connectivity index (χ0v) is 24.1. The van der Waals surface area contributed by atoms with Gasteiger partial charge in [-0.3, -0.25) is 4.79 Å². The smallest absolute Gasteiger partial charge is 0.408 e. The quantitative estimate of drug-likeness (QED) is 0.320. The molecule has 38 heavy (non-hydrogen) atoms. The summed E-state index contributed by atoms with van der Waals surface area (Å²) in [4.78, 5) is 50.6. The second kappa shape index (κ2) is 14.1. The lowest BCUT2D eigenvalue weighted by Gasteiger charge is -2.27. The molecule has 0 aliphatic rings. The van der Waals surface area contributed by atoms with E-state index in [-0.39, 0.29) is 26.1 Å². The molecule has 2 amide bonds. The summed E-state index contributed by atoms with van der Waals surface area (Å²) in [6.07, 6.45) is -1.09. The molecule has 2 atom stereocenters. The topological polar surface area (TPSA) is 129 Å². The molecule has 10 heteroatoms. The van der Waals surface area contributed by atoms with Crippen LogP contribution in [-0.4, -0.2) is 59.4 Å². The Morgan fingerprint density at radius 3 is 1.76 bits per heavy atom. The lowest BCUT2D eigenvalue weighted by atomic mass is 10.1. The largest absolute Gasteiger partial charge is 0.458 e. The molecule has 0 aromatic heterocycles. The van der Waals surface area contributed by atoms with E-state index in [1.165, 1.54) is 0 Å². The minimum Gasteiger partial charge on any atom is -0.458 e. The number of esters is 2. The fourth-order valence-electron chi connectivity index (χ4n) is 2.95. The number of amides is 2. The van der Waals surface area contributed by atoms with Crippen LogP contribution in [0.25, 0.3) is 0 Å². The zero-order valence-electron chi connectivity index (χ0n) is 24.1. The van der Waals surface area contributed by atoms with Crippen molar-refractivity contribution in [2.24, 2.45) is 0 Å². The van der Waals surface area contributed by atoms with Crippen molar-refractivity contribution >= 4 is 23.9 Å². The van der Waals surface area contributed by atoms with Gasteiger partial charge < -0.3 is 29.6 Å². The van der Waals surface area contributed by atoms with Crippen LogP contribution in [0.2, 0.25) is 0 Å². The highest BCUT2D eigenvalue weighted by Gasteiger charge is 2.31. The third-order valence-corrected chi connectivity index (χ3v) is 4.57. The summed E-state index contributed by atoms with van der Waals surface area (Å²) in [6.45, 7) is 15.7. The molecule has 0 fully saturated rings. The maximum atomic E-state index is 12.8. The summed E-state index contributed by atoms with van der Waals surface area (Å²) in [6, 6.07) is 6.88. The van der Waals surface area contributed by atoms with Crippen molar-refractivity contribution in [3.8, 4) is 0 Å². The van der Waals surface area contributed by atoms with Gasteiger partial charge in [-0.15, -0.1) is 0 Å². The van der Waals surface area contributed by atoms with Crippen LogP contribution in [0, 0.1) is 0 Å². The predicted molar refractivity (Wildman–Crippen MR) is 142 cm³/mol. The van der Waals surface area contributed by atoms with Gasteiger partial charge in [0.25, 0.3) is 0 Å². The molecule has 1 aromatic carbocycles. The van der Waals surface area contributed by atoms with Crippen LogP contribution < -0.4 is 10.6 Å². The molecule has 2 N–H and O–H groups in total. The number of hydrogen-bond donors (Lipinski definition) is 2. The Hall–Kier alpha value is -3.14. The van der Waals surface area contributed by atoms with E-state index >= 15 is 0 Å². The highest BCUT2D eigenvalue weighted by atomic mass is 16.6. The Morgan fingerprint density at radius 1 is 0.737 bits per heavy atom. The summed E-state index contributed by atoms with van der Waals surface area (Å²) >= 11 is 0. The van der Waals surface area contributed by atoms with Crippen LogP contribution in [0.4, 0.5) is 4.79 Å². The second-order valence-corrected chi connectivity index (χ2v) is 11.9. The van der Waals surface area contributed by atoms with Gasteiger partial charge in [-0.25, -0.2) is 14.4 Å². The Kier molecular flexibility index (Phi) is 12.2. The van der Waals surface area contributed by atoms with Crippen molar-refractivity contribution in [2.75, 3.05) is 6.61 Å². The van der Waals surface area contributed by atoms with Crippen molar-refractivity contribution in [1.29, 1.82) is 0 Å². The fourth-order valence-corrected chi connectivity index (χ4v) is 2.95. The Morgan fingerprint density at radius 2 is 1.26 bits per heavy atom. The maximum absolute atomic E-state index is 12.8. The summed E-state index contributed by atoms with van der Waals surface area (Å²) in [5, 5.41) is 5.11. The standard InChI is InChI=1S/C28H44N2O8/c1-26(2,3)36-18-21(24(33)38-28(7,8)9)29-22(31)16-15-20(23(32)37-27(4,5)6)30-25(34)35-17-19-13-11-10-12-14-19/h10-14,20-21H,15-18H2,1-9H3,(H,29,31)(H,30,34)/t20-,21-/m0/s1. The van der Waals surface area contributed by atoms with Crippen LogP contribution in [-0.2, 0) is 39.9 Å². The van der Waals surface area contributed by atoms with E-state index in [4.69, 9.17) is 18.9 Å². The van der Waals surface area contributed by atoms with Crippen molar-refractivity contribution in [3.63, 3.8) is 0 Å². The third kappa shape index (κ3) is 15.2. The van der Waals surface area contributed by atoms with Crippen LogP contribution in [0.5, 0.6) is 0 Å². The summed E-state index contributed by atoms with van der Waals surface area (Å²) in [7, 11) is 0. The number of carbonyl (C=O) groups is 4. The number of benzene rings is 1. The molecule has 0 unspecified atom stereocenters. The van der Waals surface area contributed by atoms with Gasteiger partial charge in [-0.05, 0) is 74.3 Å². The van der Waals surface area contributed by atoms with Crippen molar-refractivity contribution in [3.05, 3.63) is 35.9 Å². The van der Waals surface area contributed by atoms with Gasteiger partial charge in [0.15, 0.2) is 6.04 Å². The number of rotatable bonds is 11. The number of alkyl carbamates (subject to hydrolysis) is 1. The minimum absolute atomic E-state index is 0.0134. The van der Waals surface area contributed by atoms with Crippen molar-refractivity contribution in [2.45, 2.75) is 111 Å². The predicted octanol–water partition coefficient (Wildman–Crippen LogP) is 4.04. The van der Waals surface area contributed by atoms with Crippen LogP contribution >= 0.6 is 0 Å². The molecule has 1 aromatic rings. The van der Waals surface area contributed by atoms with E-state index in [0.717, 1.165) is 5.56 Å². The normalized spacial score (nSPS) is 13.6. The van der Waals surface area contributed by atoms with Gasteiger partial charge in [0, 0.05) is 6.42 Å². The SMILES string of the molecule is CC(C)(C)OC[C@H](NC(=O)CC[C@H](NC(=O)OCc1ccccc1)C(=O)OC(C)(C)C)C(=O)OC(C)(C)C. The third-order valence-electron chi connectivity index (χ3n) is 4.57. The molecular formula is C28H44N2O8. The van der Waals surface area contributed by atoms with Crippen LogP contribution in [0.15, 0.2) is 30.3 Å². The van der Waals surface area contributed by atoms with Gasteiger partial charge in [-0.2, -0.15) is 0 Å². The Balaban J connectivity index is 2.85. The van der Waals surface area contributed by atoms with E-state index in [1.807, 2.05) is 39.0 Å². The van der Waals surface area contributed by atoms with E-state index in [0.29, 0.717) is 0 Å². The van der Waals surface area contributed by atoms with Crippen molar-refractivity contribution in [1.82, 2.24) is 10.6 Å². The van der Waals surface area contributed by atoms with E-state index < -0.39 is 52.8 Å². The minimum atomic E-state index is -1.14. The average Bonchev–Trinajstić information content (AvgIpc) is 2.75. The molecule has 0 saturated carbocycles. The molecule has 0 saturated heterocycles. The first-order chi connectivity index (χ1) is 17.3. The summed E-state index contributed by atoms with van der Waals surface area (Å²) in [5.41, 5.74) is -1.33. The first-order valence-electron chi connectivity index (χ1n) is 12.7. The van der Waals surface area contributed by atoms with Gasteiger partial charge in [0.2, 0.25) is 5.91 Å². The fraction of sp³-hybridized carbons (Fsp3) is 0.643. The van der Waals surface area contributed by atoms with Crippen LogP contribution in [0.1, 0.15) is 80.7 Å². The molecule has 10 nitrogen and oxygen atoms in total.